The smallest absolute Gasteiger partial charge is 0.327 e. The lowest BCUT2D eigenvalue weighted by atomic mass is 10.0. The van der Waals surface area contributed by atoms with Crippen LogP contribution in [-0.2, 0) is 81.6 Å². The number of hydrogen-bond donors (Lipinski definition) is 17. The molecule has 0 aromatic heterocycles. The largest absolute Gasteiger partial charge is 0.481 e. The van der Waals surface area contributed by atoms with E-state index in [0.29, 0.717) is 16.7 Å². The van der Waals surface area contributed by atoms with Crippen molar-refractivity contribution in [2.45, 2.75) is 126 Å². The van der Waals surface area contributed by atoms with Gasteiger partial charge in [-0.15, -0.1) is 0 Å². The third-order valence-electron chi connectivity index (χ3n) is 12.6. The number of thiol groups is 1. The third kappa shape index (κ3) is 27.2. The molecule has 2 unspecified atom stereocenters. The van der Waals surface area contributed by atoms with Gasteiger partial charge in [-0.2, -0.15) is 12.6 Å². The molecule has 86 heavy (non-hydrogen) atoms. The molecule has 0 aliphatic heterocycles. The monoisotopic (exact) mass is 1220 g/mol. The molecule has 0 aliphatic rings. The Morgan fingerprint density at radius 1 is 0.419 bits per heavy atom. The van der Waals surface area contributed by atoms with Gasteiger partial charge in [-0.05, 0) is 42.9 Å². The van der Waals surface area contributed by atoms with Crippen LogP contribution >= 0.6 is 12.6 Å². The van der Waals surface area contributed by atoms with Crippen molar-refractivity contribution in [3.05, 3.63) is 108 Å². The number of carbonyl (C=O) groups excluding carboxylic acids is 9. The fraction of sp³-hybridized carbons (Fsp3) is 0.418. The van der Waals surface area contributed by atoms with Gasteiger partial charge in [0.05, 0.1) is 13.0 Å². The van der Waals surface area contributed by atoms with Gasteiger partial charge in [0.1, 0.15) is 48.3 Å². The van der Waals surface area contributed by atoms with Crippen LogP contribution in [0, 0.1) is 0 Å². The second-order valence-corrected chi connectivity index (χ2v) is 19.9. The molecule has 30 nitrogen and oxygen atoms in total. The molecule has 0 radical (unpaired) electrons. The van der Waals surface area contributed by atoms with Crippen LogP contribution in [0.1, 0.15) is 68.6 Å². The molecule has 0 bridgehead atoms. The van der Waals surface area contributed by atoms with Crippen LogP contribution in [0.25, 0.3) is 0 Å². The molecule has 0 spiro atoms. The van der Waals surface area contributed by atoms with Crippen molar-refractivity contribution in [1.82, 2.24) is 53.2 Å². The fourth-order valence-corrected chi connectivity index (χ4v) is 8.20. The average molecular weight is 1220 g/mol. The molecule has 3 rings (SSSR count). The minimum atomic E-state index is -1.77. The first-order chi connectivity index (χ1) is 40.7. The predicted molar refractivity (Wildman–Crippen MR) is 305 cm³/mol. The van der Waals surface area contributed by atoms with Gasteiger partial charge < -0.3 is 84.4 Å². The Hall–Kier alpha value is -9.65. The molecule has 3 aromatic carbocycles. The van der Waals surface area contributed by atoms with Crippen LogP contribution in [0.5, 0.6) is 0 Å². The standard InChI is InChI=1S/C55H71N11O19S/c1-30(59-49(76)38(24-32-13-7-3-8-14-32)60-43(68)21-18-35(52(79)80)65-55(85)66-36(53(81)82)19-22-45(70)71)17-20-42(67)57-28-44(69)61-39(25-33-15-9-4-10-16-33)50(77)63-37(23-31-11-5-2-6-12-31)48(75)58-27-34(56)47(74)62-40(26-46(72)73)51(78)64-41(29-86)54(83)84/h2-16,30,34-41,86H,17-29,56H2,1H3,(H,57,67)(H,58,75)(H,59,76)(H,60,68)(H,61,69)(H,62,74)(H,63,77)(H,64,78)(H,70,71)(H,72,73)(H,79,80)(H,81,82)(H,83,84)(H2,65,66,85)/t30-,34-,35-,36-,37?,38?,39-,40-,41-/m0/s1. The third-order valence-corrected chi connectivity index (χ3v) is 12.9. The van der Waals surface area contributed by atoms with Gasteiger partial charge in [-0.1, -0.05) is 91.0 Å². The lowest BCUT2D eigenvalue weighted by molar-refractivity contribution is -0.143. The number of hydrogen-bond acceptors (Lipinski definition) is 16. The predicted octanol–water partition coefficient (Wildman–Crippen LogP) is -2.68. The highest BCUT2D eigenvalue weighted by molar-refractivity contribution is 7.80. The Morgan fingerprint density at radius 3 is 1.28 bits per heavy atom. The molecule has 17 N–H and O–H groups in total. The number of aliphatic carboxylic acids is 5. The van der Waals surface area contributed by atoms with E-state index in [1.54, 1.807) is 97.9 Å². The number of carboxylic acid groups (broad SMARTS) is 5. The molecule has 0 aliphatic carbocycles. The number of benzene rings is 3. The Labute approximate surface area is 497 Å². The van der Waals surface area contributed by atoms with Crippen molar-refractivity contribution >= 4 is 95.8 Å². The first-order valence-corrected chi connectivity index (χ1v) is 27.4. The molecular weight excluding hydrogens is 1150 g/mol. The van der Waals surface area contributed by atoms with Gasteiger partial charge in [0.2, 0.25) is 47.3 Å². The van der Waals surface area contributed by atoms with E-state index < -0.39 is 183 Å². The molecule has 3 aromatic rings. The molecule has 9 atom stereocenters. The SMILES string of the molecule is C[C@@H](CCC(=O)NCC(=O)N[C@@H](Cc1ccccc1)C(=O)NC(Cc1ccccc1)C(=O)NC[C@H](N)C(=O)N[C@@H](CC(=O)O)C(=O)N[C@@H](CS)C(=O)O)NC(=O)C(Cc1ccccc1)NC(=O)CC[C@H](NC(=O)N[C@@H](CCC(=O)O)C(=O)O)C(=O)O. The summed E-state index contributed by atoms with van der Waals surface area (Å²) in [6, 6.07) is 11.2. The maximum atomic E-state index is 14.1. The van der Waals surface area contributed by atoms with Crippen LogP contribution < -0.4 is 58.9 Å². The maximum absolute atomic E-state index is 14.1. The van der Waals surface area contributed by atoms with Gasteiger partial charge in [0.15, 0.2) is 0 Å². The zero-order valence-electron chi connectivity index (χ0n) is 46.5. The van der Waals surface area contributed by atoms with Crippen molar-refractivity contribution in [1.29, 1.82) is 0 Å². The van der Waals surface area contributed by atoms with Crippen LogP contribution in [0.4, 0.5) is 4.79 Å². The second kappa shape index (κ2) is 36.8. The molecule has 0 saturated carbocycles. The van der Waals surface area contributed by atoms with E-state index in [4.69, 9.17) is 10.8 Å². The summed E-state index contributed by atoms with van der Waals surface area (Å²) in [6.45, 7) is 0.345. The van der Waals surface area contributed by atoms with Crippen LogP contribution in [-0.4, -0.2) is 182 Å². The van der Waals surface area contributed by atoms with Crippen LogP contribution in [0.2, 0.25) is 0 Å². The zero-order chi connectivity index (χ0) is 63.9. The second-order valence-electron chi connectivity index (χ2n) is 19.6. The van der Waals surface area contributed by atoms with Gasteiger partial charge in [0, 0.05) is 56.9 Å². The Bertz CT molecular complexity index is 2860. The maximum Gasteiger partial charge on any atom is 0.327 e. The highest BCUT2D eigenvalue weighted by atomic mass is 32.1. The topological polar surface area (TPSA) is 486 Å². The quantitative estimate of drug-likeness (QED) is 0.0260. The zero-order valence-corrected chi connectivity index (χ0v) is 47.4. The summed E-state index contributed by atoms with van der Waals surface area (Å²) in [7, 11) is 0. The summed E-state index contributed by atoms with van der Waals surface area (Å²) in [5.74, 6) is -14.7. The van der Waals surface area contributed by atoms with Crippen molar-refractivity contribution in [3.8, 4) is 0 Å². The van der Waals surface area contributed by atoms with E-state index in [1.807, 2.05) is 10.6 Å². The van der Waals surface area contributed by atoms with Crippen molar-refractivity contribution in [3.63, 3.8) is 0 Å². The molecule has 466 valence electrons. The average Bonchev–Trinajstić information content (AvgIpc) is 3.49. The summed E-state index contributed by atoms with van der Waals surface area (Å²) >= 11 is 3.85. The highest BCUT2D eigenvalue weighted by Gasteiger charge is 2.33. The Morgan fingerprint density at radius 2 is 0.826 bits per heavy atom. The Kier molecular flexibility index (Phi) is 30.2. The summed E-state index contributed by atoms with van der Waals surface area (Å²) in [5.41, 5.74) is 7.81. The minimum absolute atomic E-state index is 0.0197. The van der Waals surface area contributed by atoms with Crippen LogP contribution in [0.3, 0.4) is 0 Å². The first kappa shape index (κ1) is 70.6. The van der Waals surface area contributed by atoms with E-state index in [0.717, 1.165) is 0 Å². The molecule has 31 heteroatoms. The summed E-state index contributed by atoms with van der Waals surface area (Å²) in [5, 5.41) is 70.2. The number of urea groups is 1. The van der Waals surface area contributed by atoms with E-state index in [-0.39, 0.29) is 37.9 Å². The number of nitrogens with one attached hydrogen (secondary N) is 10. The van der Waals surface area contributed by atoms with Gasteiger partial charge in [-0.25, -0.2) is 19.2 Å². The number of carboxylic acids is 5. The summed E-state index contributed by atoms with van der Waals surface area (Å²) in [6.07, 6.45) is -3.55. The molecular formula is C55H71N11O19S. The number of amides is 10. The van der Waals surface area contributed by atoms with Crippen LogP contribution in [0.15, 0.2) is 91.0 Å². The van der Waals surface area contributed by atoms with E-state index >= 15 is 0 Å². The van der Waals surface area contributed by atoms with E-state index in [2.05, 4.69) is 55.2 Å². The lowest BCUT2D eigenvalue weighted by Crippen LogP contribution is -2.59. The van der Waals surface area contributed by atoms with E-state index in [1.165, 1.54) is 0 Å². The highest BCUT2D eigenvalue weighted by Crippen LogP contribution is 2.10. The molecule has 0 fully saturated rings. The minimum Gasteiger partial charge on any atom is -0.481 e. The van der Waals surface area contributed by atoms with Crippen molar-refractivity contribution in [2.24, 2.45) is 5.73 Å². The number of carbonyl (C=O) groups is 14. The number of rotatable bonds is 38. The normalized spacial score (nSPS) is 13.9. The van der Waals surface area contributed by atoms with E-state index in [9.17, 15) is 87.5 Å². The summed E-state index contributed by atoms with van der Waals surface area (Å²) < 4.78 is 0. The molecule has 0 heterocycles. The Balaban J connectivity index is 1.64. The molecule has 10 amide bonds. The summed E-state index contributed by atoms with van der Waals surface area (Å²) in [4.78, 5) is 177. The fourth-order valence-electron chi connectivity index (χ4n) is 7.95. The van der Waals surface area contributed by atoms with Crippen molar-refractivity contribution < 1.29 is 92.7 Å². The van der Waals surface area contributed by atoms with Crippen molar-refractivity contribution in [2.75, 3.05) is 18.8 Å². The van der Waals surface area contributed by atoms with Gasteiger partial charge in [0.25, 0.3) is 0 Å². The van der Waals surface area contributed by atoms with Gasteiger partial charge in [-0.3, -0.25) is 47.9 Å². The van der Waals surface area contributed by atoms with Gasteiger partial charge >= 0.3 is 35.9 Å². The lowest BCUT2D eigenvalue weighted by Gasteiger charge is -2.24. The molecule has 0 saturated heterocycles. The number of nitrogens with two attached hydrogens (primary N) is 1. The first-order valence-electron chi connectivity index (χ1n) is 26.8.